The molecule has 2 aromatic rings. The Labute approximate surface area is 155 Å². The molecule has 7 heteroatoms. The summed E-state index contributed by atoms with van der Waals surface area (Å²) >= 11 is 3.40. The largest absolute Gasteiger partial charge is 0.337 e. The van der Waals surface area contributed by atoms with E-state index in [0.29, 0.717) is 12.0 Å². The molecule has 1 aliphatic heterocycles. The molecule has 0 aromatic carbocycles. The smallest absolute Gasteiger partial charge is 0.236 e. The summed E-state index contributed by atoms with van der Waals surface area (Å²) in [6.45, 7) is 3.60. The zero-order chi connectivity index (χ0) is 17.0. The number of hydrogen-bond acceptors (Lipinski definition) is 5. The molecule has 0 bridgehead atoms. The van der Waals surface area contributed by atoms with Gasteiger partial charge < -0.3 is 9.47 Å². The van der Waals surface area contributed by atoms with Crippen molar-refractivity contribution in [1.82, 2.24) is 19.7 Å². The van der Waals surface area contributed by atoms with Gasteiger partial charge in [0.25, 0.3) is 0 Å². The van der Waals surface area contributed by atoms with Gasteiger partial charge in [-0.15, -0.1) is 21.5 Å². The lowest BCUT2D eigenvalue weighted by atomic mass is 10.1. The molecule has 0 saturated heterocycles. The Bertz CT molecular complexity index is 806. The number of aromatic nitrogens is 3. The van der Waals surface area contributed by atoms with Crippen LogP contribution >= 0.6 is 23.1 Å². The second-order valence-electron chi connectivity index (χ2n) is 7.36. The number of rotatable bonds is 5. The predicted octanol–water partition coefficient (Wildman–Crippen LogP) is 3.62. The van der Waals surface area contributed by atoms with Crippen LogP contribution in [0.15, 0.2) is 16.6 Å². The molecule has 1 amide bonds. The number of carbonyl (C=O) groups is 1. The zero-order valence-electron chi connectivity index (χ0n) is 14.4. The fraction of sp³-hybridized carbons (Fsp3) is 0.611. The van der Waals surface area contributed by atoms with E-state index in [9.17, 15) is 4.79 Å². The fourth-order valence-electron chi connectivity index (χ4n) is 3.57. The molecular formula is C18H22N4OS2. The van der Waals surface area contributed by atoms with Gasteiger partial charge in [0.1, 0.15) is 5.82 Å². The number of carbonyl (C=O) groups excluding carboxylic acids is 1. The van der Waals surface area contributed by atoms with Crippen molar-refractivity contribution in [3.8, 4) is 0 Å². The Morgan fingerprint density at radius 1 is 1.32 bits per heavy atom. The summed E-state index contributed by atoms with van der Waals surface area (Å²) < 4.78 is 2.33. The van der Waals surface area contributed by atoms with Crippen LogP contribution in [0.1, 0.15) is 60.8 Å². The van der Waals surface area contributed by atoms with Gasteiger partial charge in [0.15, 0.2) is 5.16 Å². The van der Waals surface area contributed by atoms with Crippen LogP contribution in [0.25, 0.3) is 0 Å². The number of fused-ring (bicyclic) bond motifs is 1. The molecule has 1 atom stereocenters. The van der Waals surface area contributed by atoms with Crippen LogP contribution in [0.3, 0.4) is 0 Å². The summed E-state index contributed by atoms with van der Waals surface area (Å²) in [6, 6.07) is 2.72. The van der Waals surface area contributed by atoms with Gasteiger partial charge in [0.2, 0.25) is 5.91 Å². The lowest BCUT2D eigenvalue weighted by Crippen LogP contribution is -2.39. The number of thiophene rings is 1. The molecule has 3 aliphatic rings. The van der Waals surface area contributed by atoms with E-state index in [1.165, 1.54) is 36.1 Å². The number of amides is 1. The third-order valence-electron chi connectivity index (χ3n) is 5.29. The van der Waals surface area contributed by atoms with Crippen LogP contribution in [0.5, 0.6) is 0 Å². The molecule has 2 fully saturated rings. The van der Waals surface area contributed by atoms with Gasteiger partial charge >= 0.3 is 0 Å². The van der Waals surface area contributed by atoms with Crippen molar-refractivity contribution in [3.63, 3.8) is 0 Å². The van der Waals surface area contributed by atoms with Gasteiger partial charge in [0.05, 0.1) is 5.25 Å². The number of hydrogen-bond donors (Lipinski definition) is 0. The highest BCUT2D eigenvalue weighted by molar-refractivity contribution is 8.00. The summed E-state index contributed by atoms with van der Waals surface area (Å²) in [4.78, 5) is 16.4. The standard InChI is InChI=1S/C18H22N4OS2/c1-11(17(23)21-8-6-15-13(10-21)7-9-24-15)25-18-20-19-16(12-2-3-12)22(18)14-4-5-14/h7,9,11-12,14H,2-6,8,10H2,1H3. The summed E-state index contributed by atoms with van der Waals surface area (Å²) in [5.41, 5.74) is 1.32. The minimum absolute atomic E-state index is 0.117. The molecule has 0 N–H and O–H groups in total. The minimum Gasteiger partial charge on any atom is -0.337 e. The van der Waals surface area contributed by atoms with Gasteiger partial charge in [0, 0.05) is 29.9 Å². The molecule has 5 nitrogen and oxygen atoms in total. The van der Waals surface area contributed by atoms with Crippen molar-refractivity contribution in [1.29, 1.82) is 0 Å². The third kappa shape index (κ3) is 3.01. The molecule has 25 heavy (non-hydrogen) atoms. The molecule has 2 saturated carbocycles. The van der Waals surface area contributed by atoms with Crippen molar-refractivity contribution in [2.24, 2.45) is 0 Å². The highest BCUT2D eigenvalue weighted by atomic mass is 32.2. The SMILES string of the molecule is CC(Sc1nnc(C2CC2)n1C1CC1)C(=O)N1CCc2sccc2C1. The maximum atomic E-state index is 12.9. The maximum Gasteiger partial charge on any atom is 0.236 e. The van der Waals surface area contributed by atoms with Crippen LogP contribution < -0.4 is 0 Å². The Morgan fingerprint density at radius 2 is 2.16 bits per heavy atom. The fourth-order valence-corrected chi connectivity index (χ4v) is 5.47. The summed E-state index contributed by atoms with van der Waals surface area (Å²) in [5, 5.41) is 11.9. The zero-order valence-corrected chi connectivity index (χ0v) is 16.0. The summed E-state index contributed by atoms with van der Waals surface area (Å²) in [5.74, 6) is 1.98. The van der Waals surface area contributed by atoms with Crippen LogP contribution in [0.4, 0.5) is 0 Å². The molecule has 132 valence electrons. The van der Waals surface area contributed by atoms with Crippen molar-refractivity contribution < 1.29 is 4.79 Å². The quantitative estimate of drug-likeness (QED) is 0.750. The average molecular weight is 375 g/mol. The molecule has 5 rings (SSSR count). The molecule has 2 aromatic heterocycles. The van der Waals surface area contributed by atoms with Crippen molar-refractivity contribution in [2.75, 3.05) is 6.54 Å². The van der Waals surface area contributed by atoms with E-state index in [2.05, 4.69) is 26.2 Å². The first-order valence-electron chi connectivity index (χ1n) is 9.16. The average Bonchev–Trinajstić information content (AvgIpc) is 3.55. The van der Waals surface area contributed by atoms with Crippen molar-refractivity contribution >= 4 is 29.0 Å². The van der Waals surface area contributed by atoms with Crippen molar-refractivity contribution in [2.45, 2.75) is 67.9 Å². The third-order valence-corrected chi connectivity index (χ3v) is 7.36. The Morgan fingerprint density at radius 3 is 2.92 bits per heavy atom. The second kappa shape index (κ2) is 6.13. The van der Waals surface area contributed by atoms with E-state index >= 15 is 0 Å². The van der Waals surface area contributed by atoms with E-state index < -0.39 is 0 Å². The molecule has 0 spiro atoms. The summed E-state index contributed by atoms with van der Waals surface area (Å²) in [6.07, 6.45) is 5.91. The van der Waals surface area contributed by atoms with Crippen LogP contribution in [-0.4, -0.2) is 37.4 Å². The van der Waals surface area contributed by atoms with E-state index in [1.807, 2.05) is 23.2 Å². The van der Waals surface area contributed by atoms with Crippen molar-refractivity contribution in [3.05, 3.63) is 27.7 Å². The molecule has 1 unspecified atom stereocenters. The van der Waals surface area contributed by atoms with Gasteiger partial charge in [-0.1, -0.05) is 11.8 Å². The number of nitrogens with zero attached hydrogens (tertiary/aromatic N) is 4. The Kier molecular flexibility index (Phi) is 3.89. The van der Waals surface area contributed by atoms with Crippen LogP contribution in [-0.2, 0) is 17.8 Å². The first kappa shape index (κ1) is 15.9. The second-order valence-corrected chi connectivity index (χ2v) is 9.66. The maximum absolute atomic E-state index is 12.9. The molecular weight excluding hydrogens is 352 g/mol. The van der Waals surface area contributed by atoms with Gasteiger partial charge in [-0.05, 0) is 56.0 Å². The lowest BCUT2D eigenvalue weighted by Gasteiger charge is -2.29. The van der Waals surface area contributed by atoms with E-state index in [4.69, 9.17) is 0 Å². The minimum atomic E-state index is -0.117. The Balaban J connectivity index is 1.30. The van der Waals surface area contributed by atoms with E-state index in [-0.39, 0.29) is 11.2 Å². The molecule has 0 radical (unpaired) electrons. The van der Waals surface area contributed by atoms with Gasteiger partial charge in [-0.2, -0.15) is 0 Å². The predicted molar refractivity (Wildman–Crippen MR) is 99.0 cm³/mol. The van der Waals surface area contributed by atoms with E-state index in [0.717, 1.165) is 30.5 Å². The normalized spacial score (nSPS) is 21.2. The van der Waals surface area contributed by atoms with Gasteiger partial charge in [-0.3, -0.25) is 4.79 Å². The number of thioether (sulfide) groups is 1. The van der Waals surface area contributed by atoms with Crippen LogP contribution in [0, 0.1) is 0 Å². The highest BCUT2D eigenvalue weighted by Gasteiger charge is 2.37. The first-order chi connectivity index (χ1) is 12.2. The first-order valence-corrected chi connectivity index (χ1v) is 10.9. The van der Waals surface area contributed by atoms with E-state index in [1.54, 1.807) is 11.8 Å². The highest BCUT2D eigenvalue weighted by Crippen LogP contribution is 2.46. The molecule has 2 aliphatic carbocycles. The van der Waals surface area contributed by atoms with Crippen LogP contribution in [0.2, 0.25) is 0 Å². The molecule has 3 heterocycles. The Hall–Kier alpha value is -1.34. The topological polar surface area (TPSA) is 51.0 Å². The lowest BCUT2D eigenvalue weighted by molar-refractivity contribution is -0.131. The summed E-state index contributed by atoms with van der Waals surface area (Å²) in [7, 11) is 0. The monoisotopic (exact) mass is 374 g/mol. The van der Waals surface area contributed by atoms with Gasteiger partial charge in [-0.25, -0.2) is 0 Å².